The van der Waals surface area contributed by atoms with Crippen molar-refractivity contribution in [3.8, 4) is 11.5 Å². The Bertz CT molecular complexity index is 408. The zero-order chi connectivity index (χ0) is 15.0. The van der Waals surface area contributed by atoms with E-state index < -0.39 is 0 Å². The first kappa shape index (κ1) is 17.3. The minimum Gasteiger partial charge on any atom is -0.493 e. The van der Waals surface area contributed by atoms with E-state index in [2.05, 4.69) is 28.2 Å². The van der Waals surface area contributed by atoms with E-state index in [-0.39, 0.29) is 12.6 Å². The molecule has 2 N–H and O–H groups in total. The second-order valence-electron chi connectivity index (χ2n) is 4.61. The van der Waals surface area contributed by atoms with Crippen LogP contribution in [0.4, 0.5) is 0 Å². The minimum absolute atomic E-state index is 0.115. The lowest BCUT2D eigenvalue weighted by Crippen LogP contribution is -2.31. The Morgan fingerprint density at radius 3 is 2.60 bits per heavy atom. The molecule has 1 aromatic carbocycles. The highest BCUT2D eigenvalue weighted by Gasteiger charge is 2.11. The molecule has 1 atom stereocenters. The molecule has 1 rings (SSSR count). The summed E-state index contributed by atoms with van der Waals surface area (Å²) < 4.78 is 12.0. The Hall–Kier alpha value is -0.780. The number of hydrogen-bond acceptors (Lipinski definition) is 4. The van der Waals surface area contributed by atoms with Crippen molar-refractivity contribution >= 4 is 15.9 Å². The van der Waals surface area contributed by atoms with E-state index in [1.165, 1.54) is 0 Å². The molecule has 0 aliphatic heterocycles. The number of ether oxygens (including phenoxy) is 2. The Labute approximate surface area is 129 Å². The van der Waals surface area contributed by atoms with E-state index in [1.807, 2.05) is 19.1 Å². The van der Waals surface area contributed by atoms with E-state index in [0.717, 1.165) is 34.4 Å². The molecular formula is C15H24BrNO3. The number of aliphatic hydroxyl groups is 1. The van der Waals surface area contributed by atoms with Gasteiger partial charge in [-0.3, -0.25) is 0 Å². The normalized spacial score (nSPS) is 12.2. The van der Waals surface area contributed by atoms with Crippen LogP contribution in [-0.2, 0) is 6.54 Å². The molecule has 5 heteroatoms. The molecule has 0 aliphatic carbocycles. The van der Waals surface area contributed by atoms with Gasteiger partial charge in [-0.1, -0.05) is 29.8 Å². The summed E-state index contributed by atoms with van der Waals surface area (Å²) in [5.41, 5.74) is 1.08. The Morgan fingerprint density at radius 1 is 1.30 bits per heavy atom. The summed E-state index contributed by atoms with van der Waals surface area (Å²) in [5.74, 6) is 1.48. The average molecular weight is 346 g/mol. The summed E-state index contributed by atoms with van der Waals surface area (Å²) in [6.07, 6.45) is 1.85. The van der Waals surface area contributed by atoms with E-state index >= 15 is 0 Å². The number of halogens is 1. The third-order valence-electron chi connectivity index (χ3n) is 3.09. The van der Waals surface area contributed by atoms with Gasteiger partial charge >= 0.3 is 0 Å². The van der Waals surface area contributed by atoms with Gasteiger partial charge in [0.2, 0.25) is 0 Å². The van der Waals surface area contributed by atoms with E-state index in [0.29, 0.717) is 13.2 Å². The second kappa shape index (κ2) is 9.21. The van der Waals surface area contributed by atoms with Crippen LogP contribution in [0.15, 0.2) is 16.6 Å². The topological polar surface area (TPSA) is 50.7 Å². The van der Waals surface area contributed by atoms with Crippen LogP contribution in [0, 0.1) is 0 Å². The molecule has 0 radical (unpaired) electrons. The van der Waals surface area contributed by atoms with Crippen molar-refractivity contribution < 1.29 is 14.6 Å². The molecule has 4 nitrogen and oxygen atoms in total. The number of aliphatic hydroxyl groups excluding tert-OH is 1. The molecule has 0 aliphatic rings. The molecule has 0 aromatic heterocycles. The molecule has 0 bridgehead atoms. The van der Waals surface area contributed by atoms with Crippen molar-refractivity contribution in [2.45, 2.75) is 39.3 Å². The number of nitrogens with one attached hydrogen (secondary N) is 1. The van der Waals surface area contributed by atoms with Gasteiger partial charge in [0.1, 0.15) is 0 Å². The van der Waals surface area contributed by atoms with Gasteiger partial charge in [0, 0.05) is 17.1 Å². The summed E-state index contributed by atoms with van der Waals surface area (Å²) in [4.78, 5) is 0. The molecular weight excluding hydrogens is 322 g/mol. The molecule has 0 heterocycles. The maximum Gasteiger partial charge on any atom is 0.162 e. The fraction of sp³-hybridized carbons (Fsp3) is 0.600. The largest absolute Gasteiger partial charge is 0.493 e. The molecule has 1 unspecified atom stereocenters. The number of rotatable bonds is 9. The standard InChI is InChI=1S/C15H24BrNO3/c1-4-6-20-15-8-13(16)11(7-14(15)19-3)9-17-12(5-2)10-18/h7-8,12,17-18H,4-6,9-10H2,1-3H3. The van der Waals surface area contributed by atoms with Gasteiger partial charge in [-0.15, -0.1) is 0 Å². The predicted octanol–water partition coefficient (Wildman–Crippen LogP) is 3.11. The molecule has 0 fully saturated rings. The van der Waals surface area contributed by atoms with Crippen molar-refractivity contribution in [3.63, 3.8) is 0 Å². The maximum absolute atomic E-state index is 9.20. The lowest BCUT2D eigenvalue weighted by molar-refractivity contribution is 0.238. The maximum atomic E-state index is 9.20. The Balaban J connectivity index is 2.81. The lowest BCUT2D eigenvalue weighted by atomic mass is 10.1. The van der Waals surface area contributed by atoms with E-state index in [4.69, 9.17) is 9.47 Å². The summed E-state index contributed by atoms with van der Waals surface area (Å²) in [6.45, 7) is 5.60. The summed E-state index contributed by atoms with van der Waals surface area (Å²) in [5, 5.41) is 12.5. The lowest BCUT2D eigenvalue weighted by Gasteiger charge is -2.17. The quantitative estimate of drug-likeness (QED) is 0.721. The SMILES string of the molecule is CCCOc1cc(Br)c(CNC(CC)CO)cc1OC. The van der Waals surface area contributed by atoms with Gasteiger partial charge < -0.3 is 19.9 Å². The molecule has 0 amide bonds. The van der Waals surface area contributed by atoms with Crippen molar-refractivity contribution in [1.29, 1.82) is 0 Å². The third-order valence-corrected chi connectivity index (χ3v) is 3.83. The van der Waals surface area contributed by atoms with E-state index in [1.54, 1.807) is 7.11 Å². The number of hydrogen-bond donors (Lipinski definition) is 2. The molecule has 0 spiro atoms. The Morgan fingerprint density at radius 2 is 2.05 bits per heavy atom. The van der Waals surface area contributed by atoms with Crippen LogP contribution in [0.3, 0.4) is 0 Å². The fourth-order valence-corrected chi connectivity index (χ4v) is 2.25. The first-order valence-corrected chi connectivity index (χ1v) is 7.78. The number of benzene rings is 1. The van der Waals surface area contributed by atoms with Gasteiger partial charge in [-0.05, 0) is 30.5 Å². The van der Waals surface area contributed by atoms with Crippen LogP contribution in [0.5, 0.6) is 11.5 Å². The highest BCUT2D eigenvalue weighted by molar-refractivity contribution is 9.10. The third kappa shape index (κ3) is 4.96. The van der Waals surface area contributed by atoms with Gasteiger partial charge in [0.25, 0.3) is 0 Å². The highest BCUT2D eigenvalue weighted by atomic mass is 79.9. The monoisotopic (exact) mass is 345 g/mol. The van der Waals surface area contributed by atoms with Crippen molar-refractivity contribution in [2.24, 2.45) is 0 Å². The molecule has 114 valence electrons. The second-order valence-corrected chi connectivity index (χ2v) is 5.47. The van der Waals surface area contributed by atoms with Gasteiger partial charge in [0.05, 0.1) is 20.3 Å². The minimum atomic E-state index is 0.115. The van der Waals surface area contributed by atoms with Crippen molar-refractivity contribution in [2.75, 3.05) is 20.3 Å². The van der Waals surface area contributed by atoms with Crippen molar-refractivity contribution in [1.82, 2.24) is 5.32 Å². The van der Waals surface area contributed by atoms with Gasteiger partial charge in [0.15, 0.2) is 11.5 Å². The van der Waals surface area contributed by atoms with Crippen LogP contribution in [0.2, 0.25) is 0 Å². The summed E-state index contributed by atoms with van der Waals surface area (Å²) in [7, 11) is 1.64. The molecule has 1 aromatic rings. The van der Waals surface area contributed by atoms with Crippen LogP contribution in [0.25, 0.3) is 0 Å². The molecule has 20 heavy (non-hydrogen) atoms. The van der Waals surface area contributed by atoms with Crippen LogP contribution >= 0.6 is 15.9 Å². The highest BCUT2D eigenvalue weighted by Crippen LogP contribution is 2.33. The van der Waals surface area contributed by atoms with Crippen molar-refractivity contribution in [3.05, 3.63) is 22.2 Å². The fourth-order valence-electron chi connectivity index (χ4n) is 1.79. The van der Waals surface area contributed by atoms with Crippen LogP contribution in [0.1, 0.15) is 32.3 Å². The Kier molecular flexibility index (Phi) is 7.95. The van der Waals surface area contributed by atoms with E-state index in [9.17, 15) is 5.11 Å². The van der Waals surface area contributed by atoms with Crippen LogP contribution in [-0.4, -0.2) is 31.5 Å². The van der Waals surface area contributed by atoms with Crippen LogP contribution < -0.4 is 14.8 Å². The molecule has 0 saturated heterocycles. The van der Waals surface area contributed by atoms with Gasteiger partial charge in [-0.2, -0.15) is 0 Å². The number of methoxy groups -OCH3 is 1. The smallest absolute Gasteiger partial charge is 0.162 e. The van der Waals surface area contributed by atoms with Gasteiger partial charge in [-0.25, -0.2) is 0 Å². The zero-order valence-corrected chi connectivity index (χ0v) is 14.0. The summed E-state index contributed by atoms with van der Waals surface area (Å²) >= 11 is 3.56. The first-order valence-electron chi connectivity index (χ1n) is 6.99. The average Bonchev–Trinajstić information content (AvgIpc) is 2.47. The predicted molar refractivity (Wildman–Crippen MR) is 84.5 cm³/mol. The molecule has 0 saturated carbocycles. The summed E-state index contributed by atoms with van der Waals surface area (Å²) in [6, 6.07) is 4.02. The first-order chi connectivity index (χ1) is 9.65. The zero-order valence-electron chi connectivity index (χ0n) is 12.4.